The molecule has 0 N–H and O–H groups in total. The summed E-state index contributed by atoms with van der Waals surface area (Å²) in [6.45, 7) is 1.78. The molecule has 0 fully saturated rings. The van der Waals surface area contributed by atoms with Gasteiger partial charge in [0.1, 0.15) is 17.7 Å². The number of carbonyl (C=O) groups excluding carboxylic acids is 1. The van der Waals surface area contributed by atoms with E-state index in [0.29, 0.717) is 16.5 Å². The summed E-state index contributed by atoms with van der Waals surface area (Å²) in [4.78, 5) is 10.6. The van der Waals surface area contributed by atoms with Crippen molar-refractivity contribution in [1.82, 2.24) is 5.16 Å². The average molecular weight is 236 g/mol. The standard InChI is InChI=1S/C12H10ClNO2/c1-8-9(6-7-15)12(14-16-8)10-4-2-3-5-11(10)13/h2-5,7H,6H2,1H3. The van der Waals surface area contributed by atoms with E-state index in [2.05, 4.69) is 5.16 Å². The Kier molecular flexibility index (Phi) is 3.06. The monoisotopic (exact) mass is 235 g/mol. The van der Waals surface area contributed by atoms with Gasteiger partial charge in [0, 0.05) is 17.5 Å². The van der Waals surface area contributed by atoms with Crippen LogP contribution >= 0.6 is 11.6 Å². The first kappa shape index (κ1) is 10.9. The maximum Gasteiger partial charge on any atom is 0.137 e. The fourth-order valence-electron chi connectivity index (χ4n) is 1.58. The smallest absolute Gasteiger partial charge is 0.137 e. The third-order valence-corrected chi connectivity index (χ3v) is 2.73. The van der Waals surface area contributed by atoms with Crippen LogP contribution in [-0.2, 0) is 11.2 Å². The topological polar surface area (TPSA) is 43.1 Å². The van der Waals surface area contributed by atoms with E-state index in [0.717, 1.165) is 17.4 Å². The zero-order valence-corrected chi connectivity index (χ0v) is 9.49. The van der Waals surface area contributed by atoms with Crippen LogP contribution in [0.25, 0.3) is 11.3 Å². The first-order chi connectivity index (χ1) is 7.74. The molecule has 0 saturated carbocycles. The van der Waals surface area contributed by atoms with Crippen molar-refractivity contribution < 1.29 is 9.32 Å². The molecule has 0 bridgehead atoms. The SMILES string of the molecule is Cc1onc(-c2ccccc2Cl)c1CC=O. The molecule has 0 atom stereocenters. The summed E-state index contributed by atoms with van der Waals surface area (Å²) in [5, 5.41) is 4.55. The molecular formula is C12H10ClNO2. The van der Waals surface area contributed by atoms with E-state index < -0.39 is 0 Å². The highest BCUT2D eigenvalue weighted by molar-refractivity contribution is 6.33. The lowest BCUT2D eigenvalue weighted by atomic mass is 10.0. The van der Waals surface area contributed by atoms with Crippen LogP contribution in [0.2, 0.25) is 5.02 Å². The molecule has 0 unspecified atom stereocenters. The zero-order valence-electron chi connectivity index (χ0n) is 8.74. The summed E-state index contributed by atoms with van der Waals surface area (Å²) in [6.07, 6.45) is 1.12. The number of aromatic nitrogens is 1. The average Bonchev–Trinajstić information content (AvgIpc) is 2.62. The second kappa shape index (κ2) is 4.49. The van der Waals surface area contributed by atoms with Crippen molar-refractivity contribution in [3.05, 3.63) is 40.6 Å². The minimum atomic E-state index is 0.288. The van der Waals surface area contributed by atoms with Crippen LogP contribution in [0, 0.1) is 6.92 Å². The lowest BCUT2D eigenvalue weighted by Crippen LogP contribution is -1.90. The van der Waals surface area contributed by atoms with Gasteiger partial charge in [0.25, 0.3) is 0 Å². The molecule has 2 rings (SSSR count). The Morgan fingerprint density at radius 1 is 1.44 bits per heavy atom. The van der Waals surface area contributed by atoms with Gasteiger partial charge in [-0.2, -0.15) is 0 Å². The molecular weight excluding hydrogens is 226 g/mol. The predicted molar refractivity (Wildman–Crippen MR) is 61.5 cm³/mol. The van der Waals surface area contributed by atoms with Gasteiger partial charge in [-0.15, -0.1) is 0 Å². The van der Waals surface area contributed by atoms with Crippen molar-refractivity contribution >= 4 is 17.9 Å². The van der Waals surface area contributed by atoms with E-state index in [9.17, 15) is 4.79 Å². The minimum absolute atomic E-state index is 0.288. The van der Waals surface area contributed by atoms with Gasteiger partial charge in [0.15, 0.2) is 0 Å². The first-order valence-corrected chi connectivity index (χ1v) is 5.25. The highest BCUT2D eigenvalue weighted by Crippen LogP contribution is 2.30. The number of hydrogen-bond acceptors (Lipinski definition) is 3. The minimum Gasteiger partial charge on any atom is -0.361 e. The van der Waals surface area contributed by atoms with Crippen LogP contribution < -0.4 is 0 Å². The molecule has 0 spiro atoms. The molecule has 1 aromatic heterocycles. The van der Waals surface area contributed by atoms with Gasteiger partial charge in [-0.3, -0.25) is 0 Å². The van der Waals surface area contributed by atoms with Crippen molar-refractivity contribution in [2.24, 2.45) is 0 Å². The fraction of sp³-hybridized carbons (Fsp3) is 0.167. The number of carbonyl (C=O) groups is 1. The third kappa shape index (κ3) is 1.86. The van der Waals surface area contributed by atoms with E-state index in [4.69, 9.17) is 16.1 Å². The van der Waals surface area contributed by atoms with Gasteiger partial charge < -0.3 is 9.32 Å². The molecule has 4 heteroatoms. The molecule has 0 aliphatic rings. The van der Waals surface area contributed by atoms with E-state index >= 15 is 0 Å². The van der Waals surface area contributed by atoms with Gasteiger partial charge in [0.2, 0.25) is 0 Å². The number of nitrogens with zero attached hydrogens (tertiary/aromatic N) is 1. The Bertz CT molecular complexity index is 519. The normalized spacial score (nSPS) is 10.4. The van der Waals surface area contributed by atoms with E-state index in [1.54, 1.807) is 13.0 Å². The molecule has 0 aliphatic carbocycles. The van der Waals surface area contributed by atoms with Crippen molar-refractivity contribution in [2.45, 2.75) is 13.3 Å². The molecule has 0 aliphatic heterocycles. The molecule has 1 heterocycles. The molecule has 0 amide bonds. The van der Waals surface area contributed by atoms with E-state index in [-0.39, 0.29) is 6.42 Å². The second-order valence-electron chi connectivity index (χ2n) is 3.42. The summed E-state index contributed by atoms with van der Waals surface area (Å²) in [6, 6.07) is 7.35. The summed E-state index contributed by atoms with van der Waals surface area (Å²) < 4.78 is 5.09. The Morgan fingerprint density at radius 2 is 2.19 bits per heavy atom. The summed E-state index contributed by atoms with van der Waals surface area (Å²) in [5.41, 5.74) is 2.23. The number of hydrogen-bond donors (Lipinski definition) is 0. The maximum atomic E-state index is 10.6. The second-order valence-corrected chi connectivity index (χ2v) is 3.82. The summed E-state index contributed by atoms with van der Waals surface area (Å²) >= 11 is 6.07. The number of rotatable bonds is 3. The van der Waals surface area contributed by atoms with Crippen molar-refractivity contribution in [1.29, 1.82) is 0 Å². The molecule has 2 aromatic rings. The van der Waals surface area contributed by atoms with Crippen molar-refractivity contribution in [3.8, 4) is 11.3 Å². The largest absolute Gasteiger partial charge is 0.361 e. The maximum absolute atomic E-state index is 10.6. The van der Waals surface area contributed by atoms with Gasteiger partial charge >= 0.3 is 0 Å². The molecule has 82 valence electrons. The zero-order chi connectivity index (χ0) is 11.5. The predicted octanol–water partition coefficient (Wildman–Crippen LogP) is 3.04. The van der Waals surface area contributed by atoms with Gasteiger partial charge in [0.05, 0.1) is 5.02 Å². The molecule has 16 heavy (non-hydrogen) atoms. The summed E-state index contributed by atoms with van der Waals surface area (Å²) in [7, 11) is 0. The third-order valence-electron chi connectivity index (χ3n) is 2.40. The highest BCUT2D eigenvalue weighted by Gasteiger charge is 2.15. The van der Waals surface area contributed by atoms with Gasteiger partial charge in [-0.1, -0.05) is 35.0 Å². The van der Waals surface area contributed by atoms with Crippen LogP contribution in [0.4, 0.5) is 0 Å². The Morgan fingerprint density at radius 3 is 2.88 bits per heavy atom. The van der Waals surface area contributed by atoms with Gasteiger partial charge in [-0.25, -0.2) is 0 Å². The van der Waals surface area contributed by atoms with Crippen LogP contribution in [0.3, 0.4) is 0 Å². The van der Waals surface area contributed by atoms with Crippen molar-refractivity contribution in [3.63, 3.8) is 0 Å². The fourth-order valence-corrected chi connectivity index (χ4v) is 1.81. The Balaban J connectivity index is 2.56. The molecule has 0 radical (unpaired) electrons. The quantitative estimate of drug-likeness (QED) is 0.768. The van der Waals surface area contributed by atoms with Crippen LogP contribution in [0.1, 0.15) is 11.3 Å². The molecule has 3 nitrogen and oxygen atoms in total. The van der Waals surface area contributed by atoms with Crippen LogP contribution in [0.5, 0.6) is 0 Å². The molecule has 0 saturated heterocycles. The number of aldehydes is 1. The first-order valence-electron chi connectivity index (χ1n) is 4.87. The Hall–Kier alpha value is -1.61. The van der Waals surface area contributed by atoms with Crippen LogP contribution in [-0.4, -0.2) is 11.4 Å². The van der Waals surface area contributed by atoms with Crippen LogP contribution in [0.15, 0.2) is 28.8 Å². The van der Waals surface area contributed by atoms with Gasteiger partial charge in [-0.05, 0) is 13.0 Å². The lowest BCUT2D eigenvalue weighted by molar-refractivity contribution is -0.107. The lowest BCUT2D eigenvalue weighted by Gasteiger charge is -2.01. The number of halogens is 1. The number of benzene rings is 1. The van der Waals surface area contributed by atoms with E-state index in [1.807, 2.05) is 18.2 Å². The number of aryl methyl sites for hydroxylation is 1. The van der Waals surface area contributed by atoms with E-state index in [1.165, 1.54) is 0 Å². The molecule has 1 aromatic carbocycles. The summed E-state index contributed by atoms with van der Waals surface area (Å²) in [5.74, 6) is 0.655. The van der Waals surface area contributed by atoms with Crippen molar-refractivity contribution in [2.75, 3.05) is 0 Å². The highest BCUT2D eigenvalue weighted by atomic mass is 35.5. The Labute approximate surface area is 98.0 Å².